The van der Waals surface area contributed by atoms with Gasteiger partial charge in [-0.25, -0.2) is 15.0 Å². The lowest BCUT2D eigenvalue weighted by molar-refractivity contribution is 0.666. The van der Waals surface area contributed by atoms with Crippen LogP contribution in [0.25, 0.3) is 106 Å². The molecule has 0 spiro atoms. The van der Waals surface area contributed by atoms with Crippen LogP contribution < -0.4 is 0 Å². The minimum absolute atomic E-state index is 0.612. The molecule has 0 radical (unpaired) electrons. The minimum atomic E-state index is 0.612. The molecule has 0 amide bonds. The molecular formula is C51H32N4O. The van der Waals surface area contributed by atoms with Crippen molar-refractivity contribution in [2.24, 2.45) is 0 Å². The molecule has 0 N–H and O–H groups in total. The summed E-state index contributed by atoms with van der Waals surface area (Å²) in [6, 6.07) is 67.3. The summed E-state index contributed by atoms with van der Waals surface area (Å²) in [5, 5.41) is 4.54. The van der Waals surface area contributed by atoms with Crippen molar-refractivity contribution >= 4 is 43.7 Å². The maximum absolute atomic E-state index is 7.02. The van der Waals surface area contributed by atoms with E-state index in [1.165, 1.54) is 10.8 Å². The van der Waals surface area contributed by atoms with Gasteiger partial charge in [0.2, 0.25) is 0 Å². The molecule has 0 bridgehead atoms. The molecule has 0 unspecified atom stereocenters. The number of hydrogen-bond donors (Lipinski definition) is 0. The van der Waals surface area contributed by atoms with Crippen LogP contribution in [-0.4, -0.2) is 19.5 Å². The van der Waals surface area contributed by atoms with Crippen LogP contribution in [0.3, 0.4) is 0 Å². The van der Waals surface area contributed by atoms with E-state index in [1.807, 2.05) is 66.7 Å². The highest BCUT2D eigenvalue weighted by Gasteiger charge is 2.21. The fraction of sp³-hybridized carbons (Fsp3) is 0. The molecule has 0 atom stereocenters. The van der Waals surface area contributed by atoms with Crippen LogP contribution >= 0.6 is 0 Å². The molecular weight excluding hydrogens is 685 g/mol. The van der Waals surface area contributed by atoms with Crippen LogP contribution in [0.4, 0.5) is 0 Å². The second kappa shape index (κ2) is 13.0. The minimum Gasteiger partial charge on any atom is -0.454 e. The molecule has 8 aromatic carbocycles. The smallest absolute Gasteiger partial charge is 0.164 e. The number of hydrogen-bond acceptors (Lipinski definition) is 4. The molecule has 0 aliphatic heterocycles. The topological polar surface area (TPSA) is 56.7 Å². The second-order valence-electron chi connectivity index (χ2n) is 14.0. The molecule has 3 aromatic heterocycles. The summed E-state index contributed by atoms with van der Waals surface area (Å²) in [7, 11) is 0. The fourth-order valence-corrected chi connectivity index (χ4v) is 8.06. The van der Waals surface area contributed by atoms with Crippen LogP contribution in [0.15, 0.2) is 199 Å². The predicted molar refractivity (Wildman–Crippen MR) is 229 cm³/mol. The van der Waals surface area contributed by atoms with E-state index in [9.17, 15) is 0 Å². The van der Waals surface area contributed by atoms with E-state index >= 15 is 0 Å². The Labute approximate surface area is 322 Å². The monoisotopic (exact) mass is 716 g/mol. The SMILES string of the molecule is c1ccc(-c2cc(-c3cccc(-c4nc(-c5ccccc5)nc(-c5ccccc5)n4)c3)c3c(c2)oc2c(-n4c5ccccc5c5ccccc54)cccc23)cc1. The van der Waals surface area contributed by atoms with Crippen molar-refractivity contribution in [2.75, 3.05) is 0 Å². The number of furan rings is 1. The average molecular weight is 717 g/mol. The zero-order valence-corrected chi connectivity index (χ0v) is 30.2. The van der Waals surface area contributed by atoms with Crippen LogP contribution in [0.2, 0.25) is 0 Å². The summed E-state index contributed by atoms with van der Waals surface area (Å²) in [5.74, 6) is 1.87. The van der Waals surface area contributed by atoms with Crippen molar-refractivity contribution in [2.45, 2.75) is 0 Å². The van der Waals surface area contributed by atoms with Crippen molar-refractivity contribution < 1.29 is 4.42 Å². The van der Waals surface area contributed by atoms with Gasteiger partial charge in [0.25, 0.3) is 0 Å². The first kappa shape index (κ1) is 31.9. The van der Waals surface area contributed by atoms with E-state index in [0.29, 0.717) is 17.5 Å². The fourth-order valence-electron chi connectivity index (χ4n) is 8.06. The van der Waals surface area contributed by atoms with E-state index in [-0.39, 0.29) is 0 Å². The number of aromatic nitrogens is 4. The summed E-state index contributed by atoms with van der Waals surface area (Å²) >= 11 is 0. The molecule has 0 saturated carbocycles. The van der Waals surface area contributed by atoms with Gasteiger partial charge < -0.3 is 8.98 Å². The zero-order chi connectivity index (χ0) is 37.0. The highest BCUT2D eigenvalue weighted by atomic mass is 16.3. The average Bonchev–Trinajstić information content (AvgIpc) is 3.83. The maximum Gasteiger partial charge on any atom is 0.164 e. The molecule has 11 rings (SSSR count). The van der Waals surface area contributed by atoms with E-state index in [0.717, 1.165) is 77.6 Å². The molecule has 0 aliphatic carbocycles. The molecule has 3 heterocycles. The first-order valence-electron chi connectivity index (χ1n) is 18.8. The molecule has 5 nitrogen and oxygen atoms in total. The van der Waals surface area contributed by atoms with E-state index < -0.39 is 0 Å². The molecule has 0 aliphatic rings. The van der Waals surface area contributed by atoms with E-state index in [2.05, 4.69) is 132 Å². The molecule has 11 aromatic rings. The first-order chi connectivity index (χ1) is 27.8. The standard InChI is InChI=1S/C51H32N4O/c1-4-16-33(17-5-1)38-31-42(36-22-14-23-37(30-36)51-53-49(34-18-6-2-7-19-34)52-50(54-51)35-20-8-3-9-21-35)47-41-26-15-29-45(48(41)56-46(47)32-38)55-43-27-12-10-24-39(43)40-25-11-13-28-44(40)55/h1-32H. The maximum atomic E-state index is 7.02. The Morgan fingerprint density at radius 3 is 1.46 bits per heavy atom. The summed E-state index contributed by atoms with van der Waals surface area (Å²) in [6.07, 6.45) is 0. The lowest BCUT2D eigenvalue weighted by Gasteiger charge is -2.11. The van der Waals surface area contributed by atoms with Crippen molar-refractivity contribution in [3.8, 4) is 62.1 Å². The van der Waals surface area contributed by atoms with Gasteiger partial charge in [-0.05, 0) is 58.7 Å². The van der Waals surface area contributed by atoms with Crippen LogP contribution in [-0.2, 0) is 0 Å². The first-order valence-corrected chi connectivity index (χ1v) is 18.8. The van der Waals surface area contributed by atoms with Crippen molar-refractivity contribution in [3.05, 3.63) is 194 Å². The number of rotatable bonds is 6. The molecule has 0 saturated heterocycles. The van der Waals surface area contributed by atoms with Gasteiger partial charge in [-0.3, -0.25) is 0 Å². The number of fused-ring (bicyclic) bond motifs is 6. The Hall–Kier alpha value is -7.63. The van der Waals surface area contributed by atoms with Crippen molar-refractivity contribution in [1.82, 2.24) is 19.5 Å². The van der Waals surface area contributed by atoms with Gasteiger partial charge in [-0.15, -0.1) is 0 Å². The zero-order valence-electron chi connectivity index (χ0n) is 30.2. The third-order valence-electron chi connectivity index (χ3n) is 10.6. The summed E-state index contributed by atoms with van der Waals surface area (Å²) < 4.78 is 9.36. The summed E-state index contributed by atoms with van der Waals surface area (Å²) in [5.41, 5.74) is 12.0. The van der Waals surface area contributed by atoms with Crippen LogP contribution in [0.5, 0.6) is 0 Å². The Kier molecular flexibility index (Phi) is 7.42. The molecule has 0 fully saturated rings. The number of para-hydroxylation sites is 3. The third kappa shape index (κ3) is 5.29. The highest BCUT2D eigenvalue weighted by Crippen LogP contribution is 2.44. The highest BCUT2D eigenvalue weighted by molar-refractivity contribution is 6.17. The largest absolute Gasteiger partial charge is 0.454 e. The summed E-state index contributed by atoms with van der Waals surface area (Å²) in [6.45, 7) is 0. The number of nitrogens with zero attached hydrogens (tertiary/aromatic N) is 4. The molecule has 56 heavy (non-hydrogen) atoms. The Morgan fingerprint density at radius 1 is 0.357 bits per heavy atom. The lowest BCUT2D eigenvalue weighted by Crippen LogP contribution is -2.00. The van der Waals surface area contributed by atoms with Gasteiger partial charge in [0.15, 0.2) is 23.1 Å². The Balaban J connectivity index is 1.15. The van der Waals surface area contributed by atoms with Gasteiger partial charge in [0.1, 0.15) is 5.58 Å². The number of benzene rings is 8. The van der Waals surface area contributed by atoms with Crippen LogP contribution in [0.1, 0.15) is 0 Å². The van der Waals surface area contributed by atoms with Crippen molar-refractivity contribution in [1.29, 1.82) is 0 Å². The second-order valence-corrected chi connectivity index (χ2v) is 14.0. The van der Waals surface area contributed by atoms with Gasteiger partial charge >= 0.3 is 0 Å². The van der Waals surface area contributed by atoms with Gasteiger partial charge in [0.05, 0.1) is 16.7 Å². The predicted octanol–water partition coefficient (Wildman–Crippen LogP) is 13.2. The quantitative estimate of drug-likeness (QED) is 0.172. The molecule has 262 valence electrons. The van der Waals surface area contributed by atoms with Crippen molar-refractivity contribution in [3.63, 3.8) is 0 Å². The third-order valence-corrected chi connectivity index (χ3v) is 10.6. The van der Waals surface area contributed by atoms with Gasteiger partial charge in [-0.2, -0.15) is 0 Å². The summed E-state index contributed by atoms with van der Waals surface area (Å²) in [4.78, 5) is 15.0. The Morgan fingerprint density at radius 2 is 0.839 bits per heavy atom. The van der Waals surface area contributed by atoms with E-state index in [4.69, 9.17) is 19.4 Å². The van der Waals surface area contributed by atoms with Gasteiger partial charge in [-0.1, -0.05) is 158 Å². The Bertz CT molecular complexity index is 3130. The van der Waals surface area contributed by atoms with E-state index in [1.54, 1.807) is 0 Å². The molecule has 5 heteroatoms. The normalized spacial score (nSPS) is 11.6. The van der Waals surface area contributed by atoms with Gasteiger partial charge in [0, 0.05) is 38.2 Å². The van der Waals surface area contributed by atoms with Crippen LogP contribution in [0, 0.1) is 0 Å². The lowest BCUT2D eigenvalue weighted by atomic mass is 9.93.